The Labute approximate surface area is 182 Å². The van der Waals surface area contributed by atoms with E-state index in [2.05, 4.69) is 0 Å². The van der Waals surface area contributed by atoms with E-state index in [0.29, 0.717) is 22.7 Å². The predicted octanol–water partition coefficient (Wildman–Crippen LogP) is 6.40. The van der Waals surface area contributed by atoms with Crippen LogP contribution in [-0.4, -0.2) is 0 Å². The minimum atomic E-state index is -1.73. The summed E-state index contributed by atoms with van der Waals surface area (Å²) in [6.07, 6.45) is 0. The predicted molar refractivity (Wildman–Crippen MR) is 117 cm³/mol. The molecule has 146 valence electrons. The molecule has 0 saturated heterocycles. The zero-order valence-electron chi connectivity index (χ0n) is 14.5. The van der Waals surface area contributed by atoms with Crippen LogP contribution < -0.4 is 20.9 Å². The SMILES string of the molecule is Nc1ccc(OCc2ccccc2C(Cl)(Cl)Oc2ccc(N)c(Cl)c2Cl)cc1. The van der Waals surface area contributed by atoms with Crippen molar-refractivity contribution in [3.05, 3.63) is 81.8 Å². The van der Waals surface area contributed by atoms with Crippen LogP contribution in [0.4, 0.5) is 11.4 Å². The number of nitrogen functional groups attached to an aromatic ring is 2. The molecule has 4 N–H and O–H groups in total. The Morgan fingerprint density at radius 1 is 0.821 bits per heavy atom. The van der Waals surface area contributed by atoms with E-state index in [1.54, 1.807) is 48.5 Å². The lowest BCUT2D eigenvalue weighted by molar-refractivity contribution is 0.239. The minimum Gasteiger partial charge on any atom is -0.489 e. The summed E-state index contributed by atoms with van der Waals surface area (Å²) < 4.78 is 9.82. The molecule has 0 spiro atoms. The second-order valence-corrected chi connectivity index (χ2v) is 7.93. The molecule has 0 fully saturated rings. The highest BCUT2D eigenvalue weighted by Crippen LogP contribution is 2.43. The van der Waals surface area contributed by atoms with E-state index in [1.165, 1.54) is 0 Å². The monoisotopic (exact) mass is 456 g/mol. The van der Waals surface area contributed by atoms with Crippen LogP contribution in [0.5, 0.6) is 11.5 Å². The molecule has 0 heterocycles. The Morgan fingerprint density at radius 3 is 2.21 bits per heavy atom. The zero-order valence-corrected chi connectivity index (χ0v) is 17.5. The molecule has 0 amide bonds. The Balaban J connectivity index is 1.84. The van der Waals surface area contributed by atoms with Gasteiger partial charge in [0.25, 0.3) is 4.52 Å². The van der Waals surface area contributed by atoms with E-state index in [4.69, 9.17) is 67.3 Å². The number of halogens is 4. The van der Waals surface area contributed by atoms with Crippen LogP contribution in [0, 0.1) is 0 Å². The normalized spacial score (nSPS) is 11.3. The van der Waals surface area contributed by atoms with Crippen molar-refractivity contribution >= 4 is 57.8 Å². The lowest BCUT2D eigenvalue weighted by Crippen LogP contribution is -2.22. The van der Waals surface area contributed by atoms with Crippen LogP contribution in [0.1, 0.15) is 11.1 Å². The van der Waals surface area contributed by atoms with Crippen LogP contribution in [0.3, 0.4) is 0 Å². The van der Waals surface area contributed by atoms with Crippen LogP contribution >= 0.6 is 46.4 Å². The maximum absolute atomic E-state index is 6.51. The van der Waals surface area contributed by atoms with Gasteiger partial charge in [-0.15, -0.1) is 0 Å². The van der Waals surface area contributed by atoms with Gasteiger partial charge in [0.15, 0.2) is 0 Å². The number of alkyl halides is 2. The Hall–Kier alpha value is -1.98. The van der Waals surface area contributed by atoms with Crippen molar-refractivity contribution in [3.8, 4) is 11.5 Å². The highest BCUT2D eigenvalue weighted by Gasteiger charge is 2.33. The van der Waals surface area contributed by atoms with Gasteiger partial charge in [-0.1, -0.05) is 70.7 Å². The molecule has 3 aromatic carbocycles. The van der Waals surface area contributed by atoms with Crippen molar-refractivity contribution in [2.45, 2.75) is 11.1 Å². The van der Waals surface area contributed by atoms with E-state index in [1.807, 2.05) is 12.1 Å². The van der Waals surface area contributed by atoms with Crippen LogP contribution in [-0.2, 0) is 11.1 Å². The van der Waals surface area contributed by atoms with Gasteiger partial charge in [-0.05, 0) is 42.0 Å². The molecule has 3 rings (SSSR count). The van der Waals surface area contributed by atoms with Gasteiger partial charge < -0.3 is 20.9 Å². The van der Waals surface area contributed by atoms with E-state index in [0.717, 1.165) is 5.56 Å². The van der Waals surface area contributed by atoms with E-state index in [9.17, 15) is 0 Å². The molecular formula is C20H16Cl4N2O2. The fourth-order valence-corrected chi connectivity index (χ4v) is 3.38. The first kappa shape index (κ1) is 20.7. The molecule has 0 aromatic heterocycles. The molecule has 0 radical (unpaired) electrons. The molecular weight excluding hydrogens is 442 g/mol. The van der Waals surface area contributed by atoms with Crippen LogP contribution in [0.2, 0.25) is 10.0 Å². The first-order valence-corrected chi connectivity index (χ1v) is 9.66. The first-order chi connectivity index (χ1) is 13.3. The average molecular weight is 458 g/mol. The number of hydrogen-bond acceptors (Lipinski definition) is 4. The smallest absolute Gasteiger partial charge is 0.285 e. The summed E-state index contributed by atoms with van der Waals surface area (Å²) in [5, 5.41) is 0.297. The summed E-state index contributed by atoms with van der Waals surface area (Å²) in [5.41, 5.74) is 13.6. The van der Waals surface area contributed by atoms with Gasteiger partial charge in [0.1, 0.15) is 23.1 Å². The highest BCUT2D eigenvalue weighted by molar-refractivity contribution is 6.47. The number of anilines is 2. The van der Waals surface area contributed by atoms with Crippen molar-refractivity contribution in [3.63, 3.8) is 0 Å². The molecule has 0 aliphatic rings. The molecule has 28 heavy (non-hydrogen) atoms. The third-order valence-electron chi connectivity index (χ3n) is 3.92. The molecule has 3 aromatic rings. The second-order valence-electron chi connectivity index (χ2n) is 5.91. The maximum Gasteiger partial charge on any atom is 0.285 e. The Kier molecular flexibility index (Phi) is 6.36. The molecule has 0 aliphatic heterocycles. The molecule has 4 nitrogen and oxygen atoms in total. The number of rotatable bonds is 6. The lowest BCUT2D eigenvalue weighted by atomic mass is 10.1. The third-order valence-corrected chi connectivity index (χ3v) is 5.36. The average Bonchev–Trinajstić information content (AvgIpc) is 2.68. The van der Waals surface area contributed by atoms with Gasteiger partial charge in [-0.2, -0.15) is 0 Å². The van der Waals surface area contributed by atoms with Gasteiger partial charge >= 0.3 is 0 Å². The maximum atomic E-state index is 6.51. The van der Waals surface area contributed by atoms with Gasteiger partial charge in [0.05, 0.1) is 10.7 Å². The lowest BCUT2D eigenvalue weighted by Gasteiger charge is -2.25. The molecule has 0 atom stereocenters. The Morgan fingerprint density at radius 2 is 1.50 bits per heavy atom. The van der Waals surface area contributed by atoms with Crippen molar-refractivity contribution in [1.29, 1.82) is 0 Å². The summed E-state index contributed by atoms with van der Waals surface area (Å²) in [4.78, 5) is 0. The second kappa shape index (κ2) is 8.58. The van der Waals surface area contributed by atoms with E-state index in [-0.39, 0.29) is 22.4 Å². The Bertz CT molecular complexity index is 978. The van der Waals surface area contributed by atoms with Crippen molar-refractivity contribution in [2.75, 3.05) is 11.5 Å². The van der Waals surface area contributed by atoms with Crippen molar-refractivity contribution in [2.24, 2.45) is 0 Å². The van der Waals surface area contributed by atoms with Gasteiger partial charge in [0, 0.05) is 11.3 Å². The molecule has 0 saturated carbocycles. The first-order valence-electron chi connectivity index (χ1n) is 8.15. The van der Waals surface area contributed by atoms with Crippen LogP contribution in [0.25, 0.3) is 0 Å². The summed E-state index contributed by atoms with van der Waals surface area (Å²) in [6.45, 7) is 0.223. The van der Waals surface area contributed by atoms with Crippen LogP contribution in [0.15, 0.2) is 60.7 Å². The van der Waals surface area contributed by atoms with Crippen molar-refractivity contribution in [1.82, 2.24) is 0 Å². The van der Waals surface area contributed by atoms with Crippen molar-refractivity contribution < 1.29 is 9.47 Å². The quantitative estimate of drug-likeness (QED) is 0.331. The summed E-state index contributed by atoms with van der Waals surface area (Å²) in [5.74, 6) is 0.869. The summed E-state index contributed by atoms with van der Waals surface area (Å²) in [6, 6.07) is 17.4. The van der Waals surface area contributed by atoms with Gasteiger partial charge in [-0.25, -0.2) is 0 Å². The molecule has 8 heteroatoms. The van der Waals surface area contributed by atoms with E-state index < -0.39 is 4.52 Å². The van der Waals surface area contributed by atoms with Gasteiger partial charge in [-0.3, -0.25) is 0 Å². The highest BCUT2D eigenvalue weighted by atomic mass is 35.5. The number of ether oxygens (including phenoxy) is 2. The summed E-state index contributed by atoms with van der Waals surface area (Å²) >= 11 is 25.3. The molecule has 0 bridgehead atoms. The largest absolute Gasteiger partial charge is 0.489 e. The summed E-state index contributed by atoms with van der Waals surface area (Å²) in [7, 11) is 0. The van der Waals surface area contributed by atoms with Gasteiger partial charge in [0.2, 0.25) is 0 Å². The topological polar surface area (TPSA) is 70.5 Å². The number of hydrogen-bond donors (Lipinski definition) is 2. The zero-order chi connectivity index (χ0) is 20.3. The molecule has 0 aliphatic carbocycles. The number of nitrogens with two attached hydrogens (primary N) is 2. The van der Waals surface area contributed by atoms with E-state index >= 15 is 0 Å². The minimum absolute atomic E-state index is 0.128. The third kappa shape index (κ3) is 4.70. The standard InChI is InChI=1S/C20H16Cl4N2O2/c21-18-16(26)9-10-17(19(18)22)28-20(23,24)15-4-2-1-3-12(15)11-27-14-7-5-13(25)6-8-14/h1-10H,11,25-26H2. The molecule has 0 unspecified atom stereocenters. The fourth-order valence-electron chi connectivity index (χ4n) is 2.47. The number of benzene rings is 3. The fraction of sp³-hybridized carbons (Fsp3) is 0.100.